The number of carbonyl (C=O) groups is 1. The highest BCUT2D eigenvalue weighted by molar-refractivity contribution is 5.52. The van der Waals surface area contributed by atoms with Gasteiger partial charge in [-0.1, -0.05) is 66.7 Å². The molecule has 86 valence electrons. The molecule has 0 heterocycles. The van der Waals surface area contributed by atoms with Gasteiger partial charge in [0, 0.05) is 5.92 Å². The first-order valence-electron chi connectivity index (χ1n) is 6.05. The van der Waals surface area contributed by atoms with Crippen molar-refractivity contribution in [3.8, 4) is 0 Å². The second kappa shape index (κ2) is 12.7. The fraction of sp³-hybridized carbons (Fsp3) is 0.923. The zero-order valence-corrected chi connectivity index (χ0v) is 10.7. The molecule has 1 heteroatoms. The van der Waals surface area contributed by atoms with Gasteiger partial charge in [-0.05, 0) is 5.92 Å². The highest BCUT2D eigenvalue weighted by Gasteiger charge is 2.02. The van der Waals surface area contributed by atoms with Gasteiger partial charge in [-0.3, -0.25) is 0 Å². The monoisotopic (exact) mass is 200 g/mol. The van der Waals surface area contributed by atoms with Crippen molar-refractivity contribution in [1.82, 2.24) is 0 Å². The molecule has 0 saturated heterocycles. The van der Waals surface area contributed by atoms with Crippen LogP contribution < -0.4 is 0 Å². The number of carbonyl (C=O) groups excluding carboxylic acids is 1. The molecule has 1 nitrogen and oxygen atoms in total. The number of hydrogen-bond donors (Lipinski definition) is 0. The molecule has 0 amide bonds. The first-order valence-corrected chi connectivity index (χ1v) is 6.05. The van der Waals surface area contributed by atoms with Gasteiger partial charge in [0.2, 0.25) is 0 Å². The molecule has 1 atom stereocenters. The molecule has 0 aromatic carbocycles. The van der Waals surface area contributed by atoms with Crippen molar-refractivity contribution in [1.29, 1.82) is 0 Å². The summed E-state index contributed by atoms with van der Waals surface area (Å²) in [4.78, 5) is 9.95. The molecular weight excluding hydrogens is 172 g/mol. The first kappa shape index (κ1) is 16.1. The first-order chi connectivity index (χ1) is 6.59. The van der Waals surface area contributed by atoms with Crippen LogP contribution in [0.25, 0.3) is 0 Å². The van der Waals surface area contributed by atoms with E-state index in [1.54, 1.807) is 0 Å². The summed E-state index contributed by atoms with van der Waals surface area (Å²) in [5.74, 6) is 0.720. The van der Waals surface area contributed by atoms with Gasteiger partial charge in [0.25, 0.3) is 0 Å². The third kappa shape index (κ3) is 14.2. The molecule has 0 aliphatic heterocycles. The van der Waals surface area contributed by atoms with Crippen LogP contribution in [0.15, 0.2) is 0 Å². The summed E-state index contributed by atoms with van der Waals surface area (Å²) in [6.07, 6.45) is 8.00. The maximum absolute atomic E-state index is 9.95. The van der Waals surface area contributed by atoms with Crippen LogP contribution in [0.2, 0.25) is 0 Å². The lowest BCUT2D eigenvalue weighted by Gasteiger charge is -2.04. The van der Waals surface area contributed by atoms with E-state index in [1.165, 1.54) is 32.1 Å². The number of aldehydes is 1. The highest BCUT2D eigenvalue weighted by Crippen LogP contribution is 2.04. The van der Waals surface area contributed by atoms with E-state index >= 15 is 0 Å². The van der Waals surface area contributed by atoms with E-state index < -0.39 is 0 Å². The molecule has 14 heavy (non-hydrogen) atoms. The highest BCUT2D eigenvalue weighted by atomic mass is 16.1. The largest absolute Gasteiger partial charge is 0.303 e. The van der Waals surface area contributed by atoms with E-state index in [0.29, 0.717) is 5.92 Å². The van der Waals surface area contributed by atoms with E-state index in [9.17, 15) is 4.79 Å². The molecule has 0 aromatic rings. The summed E-state index contributed by atoms with van der Waals surface area (Å²) >= 11 is 0. The summed E-state index contributed by atoms with van der Waals surface area (Å²) < 4.78 is 0. The van der Waals surface area contributed by atoms with Crippen molar-refractivity contribution < 1.29 is 4.79 Å². The summed E-state index contributed by atoms with van der Waals surface area (Å²) in [5.41, 5.74) is 0. The quantitative estimate of drug-likeness (QED) is 0.457. The van der Waals surface area contributed by atoms with Gasteiger partial charge in [-0.15, -0.1) is 0 Å². The summed E-state index contributed by atoms with van der Waals surface area (Å²) in [5, 5.41) is 0. The summed E-state index contributed by atoms with van der Waals surface area (Å²) in [6.45, 7) is 10.5. The van der Waals surface area contributed by atoms with Crippen molar-refractivity contribution in [3.63, 3.8) is 0 Å². The Hall–Kier alpha value is -0.330. The van der Waals surface area contributed by atoms with E-state index in [2.05, 4.69) is 13.8 Å². The molecule has 1 unspecified atom stereocenters. The molecule has 0 saturated carbocycles. The number of rotatable bonds is 6. The van der Waals surface area contributed by atoms with Crippen LogP contribution in [0.4, 0.5) is 0 Å². The second-order valence-corrected chi connectivity index (χ2v) is 4.30. The Kier molecular flexibility index (Phi) is 14.6. The Morgan fingerprint density at radius 3 is 1.50 bits per heavy atom. The molecule has 0 bridgehead atoms. The lowest BCUT2D eigenvalue weighted by Crippen LogP contribution is -2.03. The van der Waals surface area contributed by atoms with Crippen molar-refractivity contribution >= 4 is 6.29 Å². The molecule has 0 aliphatic carbocycles. The van der Waals surface area contributed by atoms with E-state index in [0.717, 1.165) is 6.29 Å². The van der Waals surface area contributed by atoms with Crippen molar-refractivity contribution in [2.24, 2.45) is 11.8 Å². The van der Waals surface area contributed by atoms with Gasteiger partial charge >= 0.3 is 0 Å². The zero-order chi connectivity index (χ0) is 11.4. The molecule has 0 spiro atoms. The fourth-order valence-corrected chi connectivity index (χ4v) is 0.834. The summed E-state index contributed by atoms with van der Waals surface area (Å²) in [7, 11) is 0. The Balaban J connectivity index is 0. The average molecular weight is 200 g/mol. The van der Waals surface area contributed by atoms with Crippen LogP contribution in [0.3, 0.4) is 0 Å². The van der Waals surface area contributed by atoms with Crippen molar-refractivity contribution in [2.75, 3.05) is 0 Å². The molecule has 0 radical (unpaired) electrons. The zero-order valence-electron chi connectivity index (χ0n) is 10.7. The fourth-order valence-electron chi connectivity index (χ4n) is 0.834. The van der Waals surface area contributed by atoms with E-state index in [-0.39, 0.29) is 5.92 Å². The smallest absolute Gasteiger partial charge is 0.123 e. The maximum Gasteiger partial charge on any atom is 0.123 e. The van der Waals surface area contributed by atoms with Crippen LogP contribution in [0.1, 0.15) is 66.7 Å². The Morgan fingerprint density at radius 2 is 1.36 bits per heavy atom. The van der Waals surface area contributed by atoms with Crippen LogP contribution in [0, 0.1) is 11.8 Å². The Morgan fingerprint density at radius 1 is 0.929 bits per heavy atom. The SMILES string of the molecule is CC(C)C(C)C=O.CCCCCCC. The molecule has 0 aromatic heterocycles. The van der Waals surface area contributed by atoms with Gasteiger partial charge in [0.15, 0.2) is 0 Å². The van der Waals surface area contributed by atoms with Gasteiger partial charge in [0.1, 0.15) is 6.29 Å². The Labute approximate surface area is 90.3 Å². The van der Waals surface area contributed by atoms with Gasteiger partial charge in [0.05, 0.1) is 0 Å². The maximum atomic E-state index is 9.95. The molecule has 0 fully saturated rings. The van der Waals surface area contributed by atoms with Gasteiger partial charge in [-0.25, -0.2) is 0 Å². The molecule has 0 N–H and O–H groups in total. The normalized spacial score (nSPS) is 11.9. The van der Waals surface area contributed by atoms with E-state index in [1.807, 2.05) is 20.8 Å². The van der Waals surface area contributed by atoms with Crippen LogP contribution in [-0.2, 0) is 4.79 Å². The third-order valence-corrected chi connectivity index (χ3v) is 2.47. The standard InChI is InChI=1S/C7H16.C6H12O/c1-3-5-7-6-4-2;1-5(2)6(3)4-7/h3-7H2,1-2H3;4-6H,1-3H3. The lowest BCUT2D eigenvalue weighted by molar-refractivity contribution is -0.111. The van der Waals surface area contributed by atoms with Gasteiger partial charge < -0.3 is 4.79 Å². The number of unbranched alkanes of at least 4 members (excludes halogenated alkanes) is 4. The van der Waals surface area contributed by atoms with Crippen LogP contribution in [0.5, 0.6) is 0 Å². The minimum absolute atomic E-state index is 0.222. The van der Waals surface area contributed by atoms with Crippen molar-refractivity contribution in [2.45, 2.75) is 66.7 Å². The molecule has 0 rings (SSSR count). The Bertz CT molecular complexity index is 104. The van der Waals surface area contributed by atoms with Crippen molar-refractivity contribution in [3.05, 3.63) is 0 Å². The lowest BCUT2D eigenvalue weighted by atomic mass is 10.0. The predicted molar refractivity (Wildman–Crippen MR) is 64.5 cm³/mol. The van der Waals surface area contributed by atoms with Crippen LogP contribution in [-0.4, -0.2) is 6.29 Å². The number of hydrogen-bond acceptors (Lipinski definition) is 1. The predicted octanol–water partition coefficient (Wildman–Crippen LogP) is 4.45. The molecular formula is C13H28O. The van der Waals surface area contributed by atoms with E-state index in [4.69, 9.17) is 0 Å². The summed E-state index contributed by atoms with van der Waals surface area (Å²) in [6, 6.07) is 0. The van der Waals surface area contributed by atoms with Crippen LogP contribution >= 0.6 is 0 Å². The molecule has 0 aliphatic rings. The van der Waals surface area contributed by atoms with Gasteiger partial charge in [-0.2, -0.15) is 0 Å². The third-order valence-electron chi connectivity index (χ3n) is 2.47. The minimum atomic E-state index is 0.222. The minimum Gasteiger partial charge on any atom is -0.303 e. The average Bonchev–Trinajstić information content (AvgIpc) is 2.18. The second-order valence-electron chi connectivity index (χ2n) is 4.30. The topological polar surface area (TPSA) is 17.1 Å².